The van der Waals surface area contributed by atoms with Crippen LogP contribution >= 0.6 is 0 Å². The van der Waals surface area contributed by atoms with Crippen molar-refractivity contribution >= 4 is 17.6 Å². The fourth-order valence-corrected chi connectivity index (χ4v) is 1.25. The molecule has 0 unspecified atom stereocenters. The second-order valence-electron chi connectivity index (χ2n) is 3.32. The van der Waals surface area contributed by atoms with Gasteiger partial charge in [-0.05, 0) is 12.0 Å². The molecule has 0 aliphatic carbocycles. The Kier molecular flexibility index (Phi) is 9.29. The van der Waals surface area contributed by atoms with Gasteiger partial charge < -0.3 is 19.8 Å². The number of nitro benzene ring substituents is 1. The minimum absolute atomic E-state index is 0. The van der Waals surface area contributed by atoms with Crippen molar-refractivity contribution in [3.63, 3.8) is 0 Å². The van der Waals surface area contributed by atoms with E-state index in [-0.39, 0.29) is 49.8 Å². The van der Waals surface area contributed by atoms with E-state index in [9.17, 15) is 29.9 Å². The van der Waals surface area contributed by atoms with Crippen LogP contribution in [0.3, 0.4) is 0 Å². The van der Waals surface area contributed by atoms with E-state index in [4.69, 9.17) is 0 Å². The average Bonchev–Trinajstić information content (AvgIpc) is 2.25. The van der Waals surface area contributed by atoms with E-state index in [0.29, 0.717) is 5.56 Å². The summed E-state index contributed by atoms with van der Waals surface area (Å²) in [6.45, 7) is 0. The van der Waals surface area contributed by atoms with E-state index in [0.717, 1.165) is 12.1 Å². The molecule has 0 amide bonds. The molecule has 1 rings (SSSR count). The van der Waals surface area contributed by atoms with Crippen LogP contribution in [0.4, 0.5) is 5.69 Å². The number of hydrogen-bond acceptors (Lipinski definition) is 6. The van der Waals surface area contributed by atoms with Crippen LogP contribution in [0.15, 0.2) is 24.3 Å². The summed E-state index contributed by atoms with van der Waals surface area (Å²) in [6, 6.07) is 4.90. The topological polar surface area (TPSA) is 123 Å². The monoisotopic (exact) mass is 251 g/mol. The van der Waals surface area contributed by atoms with Gasteiger partial charge >= 0.3 is 37.7 Å². The first-order valence-electron chi connectivity index (χ1n) is 4.57. The molecule has 90 valence electrons. The Morgan fingerprint density at radius 2 is 1.47 bits per heavy atom. The Hall–Kier alpha value is -1.25. The summed E-state index contributed by atoms with van der Waals surface area (Å²) in [7, 11) is 0. The van der Waals surface area contributed by atoms with Gasteiger partial charge in [-0.1, -0.05) is 12.1 Å². The quantitative estimate of drug-likeness (QED) is 0.221. The van der Waals surface area contributed by atoms with Gasteiger partial charge in [0, 0.05) is 18.1 Å². The second-order valence-corrected chi connectivity index (χ2v) is 3.32. The molecular formula is C10H7Li2NO6. The SMILES string of the molecule is O=C([O-])C(Cc1ccc([N+](=O)[O-])cc1)C(=O)[O-].[Li+].[Li+]. The maximum absolute atomic E-state index is 10.5. The molecule has 0 saturated heterocycles. The molecule has 0 spiro atoms. The van der Waals surface area contributed by atoms with Crippen LogP contribution in [0, 0.1) is 16.0 Å². The third kappa shape index (κ3) is 5.95. The summed E-state index contributed by atoms with van der Waals surface area (Å²) in [5.41, 5.74) is 0.182. The van der Waals surface area contributed by atoms with Crippen LogP contribution in [0.2, 0.25) is 0 Å². The van der Waals surface area contributed by atoms with Crippen molar-refractivity contribution in [2.24, 2.45) is 5.92 Å². The number of benzene rings is 1. The molecule has 0 heterocycles. The average molecular weight is 251 g/mol. The Labute approximate surface area is 132 Å². The Bertz CT molecular complexity index is 448. The summed E-state index contributed by atoms with van der Waals surface area (Å²) in [5, 5.41) is 31.3. The molecule has 0 atom stereocenters. The molecule has 0 saturated carbocycles. The second kappa shape index (κ2) is 8.79. The van der Waals surface area contributed by atoms with Gasteiger partial charge in [-0.2, -0.15) is 0 Å². The van der Waals surface area contributed by atoms with Gasteiger partial charge in [0.1, 0.15) is 0 Å². The van der Waals surface area contributed by atoms with Gasteiger partial charge in [0.2, 0.25) is 0 Å². The van der Waals surface area contributed by atoms with Crippen LogP contribution < -0.4 is 47.9 Å². The smallest absolute Gasteiger partial charge is 0.549 e. The number of carboxylic acids is 2. The predicted octanol–water partition coefficient (Wildman–Crippen LogP) is -7.74. The zero-order valence-corrected chi connectivity index (χ0v) is 10.5. The first-order chi connectivity index (χ1) is 7.91. The molecule has 0 fully saturated rings. The van der Waals surface area contributed by atoms with E-state index >= 15 is 0 Å². The summed E-state index contributed by atoms with van der Waals surface area (Å²) in [4.78, 5) is 30.7. The molecular weight excluding hydrogens is 244 g/mol. The zero-order valence-electron chi connectivity index (χ0n) is 10.5. The summed E-state index contributed by atoms with van der Waals surface area (Å²) >= 11 is 0. The van der Waals surface area contributed by atoms with Crippen molar-refractivity contribution in [1.82, 2.24) is 0 Å². The standard InChI is InChI=1S/C10H9NO6.2Li/c12-9(13)8(10(14)15)5-6-1-3-7(4-2-6)11(16)17;;/h1-4,8H,5H2,(H,12,13)(H,14,15);;/q;2*+1/p-2. The van der Waals surface area contributed by atoms with Crippen LogP contribution in [-0.4, -0.2) is 16.9 Å². The van der Waals surface area contributed by atoms with E-state index < -0.39 is 22.8 Å². The minimum atomic E-state index is -1.77. The van der Waals surface area contributed by atoms with E-state index in [1.165, 1.54) is 12.1 Å². The van der Waals surface area contributed by atoms with Crippen molar-refractivity contribution in [2.45, 2.75) is 6.42 Å². The third-order valence-electron chi connectivity index (χ3n) is 2.16. The van der Waals surface area contributed by atoms with Crippen molar-refractivity contribution in [1.29, 1.82) is 0 Å². The molecule has 0 aromatic heterocycles. The molecule has 0 aliphatic heterocycles. The first kappa shape index (κ1) is 20.1. The first-order valence-corrected chi connectivity index (χ1v) is 4.57. The van der Waals surface area contributed by atoms with Crippen molar-refractivity contribution < 1.29 is 62.4 Å². The molecule has 0 aliphatic rings. The Balaban J connectivity index is 0. The number of carboxylic acid groups (broad SMARTS) is 2. The molecule has 1 aromatic rings. The van der Waals surface area contributed by atoms with E-state index in [1.54, 1.807) is 0 Å². The Morgan fingerprint density at radius 3 is 1.79 bits per heavy atom. The number of aliphatic carboxylic acids is 2. The number of rotatable bonds is 5. The van der Waals surface area contributed by atoms with Gasteiger partial charge in [0.15, 0.2) is 0 Å². The molecule has 0 radical (unpaired) electrons. The van der Waals surface area contributed by atoms with Crippen LogP contribution in [0.25, 0.3) is 0 Å². The summed E-state index contributed by atoms with van der Waals surface area (Å²) < 4.78 is 0. The fraction of sp³-hybridized carbons (Fsp3) is 0.200. The van der Waals surface area contributed by atoms with Crippen molar-refractivity contribution in [2.75, 3.05) is 0 Å². The van der Waals surface area contributed by atoms with E-state index in [1.807, 2.05) is 0 Å². The normalized spacial score (nSPS) is 9.11. The third-order valence-corrected chi connectivity index (χ3v) is 2.16. The Morgan fingerprint density at radius 1 is 1.05 bits per heavy atom. The number of nitrogens with zero attached hydrogens (tertiary/aromatic N) is 1. The van der Waals surface area contributed by atoms with Crippen molar-refractivity contribution in [3.05, 3.63) is 39.9 Å². The molecule has 7 nitrogen and oxygen atoms in total. The molecule has 0 bridgehead atoms. The van der Waals surface area contributed by atoms with Crippen molar-refractivity contribution in [3.8, 4) is 0 Å². The van der Waals surface area contributed by atoms with Gasteiger partial charge in [-0.3, -0.25) is 10.1 Å². The van der Waals surface area contributed by atoms with Gasteiger partial charge in [0.05, 0.1) is 16.9 Å². The summed E-state index contributed by atoms with van der Waals surface area (Å²) in [5.74, 6) is -5.26. The number of carbonyl (C=O) groups excluding carboxylic acids is 2. The summed E-state index contributed by atoms with van der Waals surface area (Å²) in [6.07, 6.45) is -0.331. The van der Waals surface area contributed by atoms with Gasteiger partial charge in [0.25, 0.3) is 5.69 Å². The minimum Gasteiger partial charge on any atom is -0.549 e. The number of carbonyl (C=O) groups is 2. The van der Waals surface area contributed by atoms with E-state index in [2.05, 4.69) is 0 Å². The van der Waals surface area contributed by atoms with Gasteiger partial charge in [-0.15, -0.1) is 0 Å². The molecule has 19 heavy (non-hydrogen) atoms. The molecule has 0 N–H and O–H groups in total. The molecule has 1 aromatic carbocycles. The fourth-order valence-electron chi connectivity index (χ4n) is 1.25. The maximum atomic E-state index is 10.5. The van der Waals surface area contributed by atoms with Crippen LogP contribution in [0.5, 0.6) is 0 Å². The largest absolute Gasteiger partial charge is 1.00 e. The number of non-ortho nitro benzene ring substituents is 1. The van der Waals surface area contributed by atoms with Crippen LogP contribution in [0.1, 0.15) is 5.56 Å². The number of nitro groups is 1. The maximum Gasteiger partial charge on any atom is 1.00 e. The van der Waals surface area contributed by atoms with Gasteiger partial charge in [-0.25, -0.2) is 0 Å². The predicted molar refractivity (Wildman–Crippen MR) is 50.3 cm³/mol. The van der Waals surface area contributed by atoms with Crippen LogP contribution in [-0.2, 0) is 16.0 Å². The number of hydrogen-bond donors (Lipinski definition) is 0. The zero-order chi connectivity index (χ0) is 13.0. The molecule has 9 heteroatoms.